The van der Waals surface area contributed by atoms with Gasteiger partial charge in [-0.25, -0.2) is 0 Å². The second kappa shape index (κ2) is 8.51. The average Bonchev–Trinajstić information content (AvgIpc) is 2.52. The highest BCUT2D eigenvalue weighted by Crippen LogP contribution is 2.23. The summed E-state index contributed by atoms with van der Waals surface area (Å²) in [7, 11) is 3.63. The van der Waals surface area contributed by atoms with Gasteiger partial charge >= 0.3 is 0 Å². The molecule has 6 heteroatoms. The summed E-state index contributed by atoms with van der Waals surface area (Å²) in [5, 5.41) is 3.57. The summed E-state index contributed by atoms with van der Waals surface area (Å²) in [6.45, 7) is 2.92. The van der Waals surface area contributed by atoms with Crippen molar-refractivity contribution < 1.29 is 14.4 Å². The van der Waals surface area contributed by atoms with Crippen molar-refractivity contribution in [2.24, 2.45) is 0 Å². The van der Waals surface area contributed by atoms with E-state index in [0.29, 0.717) is 18.1 Å². The summed E-state index contributed by atoms with van der Waals surface area (Å²) in [5.41, 5.74) is 2.68. The quantitative estimate of drug-likeness (QED) is 0.766. The number of halogens is 2. The third-order valence-electron chi connectivity index (χ3n) is 3.74. The van der Waals surface area contributed by atoms with Crippen LogP contribution in [0.25, 0.3) is 0 Å². The smallest absolute Gasteiger partial charge is 0.279 e. The number of quaternary nitrogens is 1. The highest BCUT2D eigenvalue weighted by Gasteiger charge is 2.15. The van der Waals surface area contributed by atoms with Crippen LogP contribution in [0.3, 0.4) is 0 Å². The molecule has 2 rings (SSSR count). The van der Waals surface area contributed by atoms with Crippen molar-refractivity contribution in [3.8, 4) is 5.75 Å². The summed E-state index contributed by atoms with van der Waals surface area (Å²) in [5.74, 6) is 0.774. The minimum absolute atomic E-state index is 0.0492. The Kier molecular flexibility index (Phi) is 6.66. The second-order valence-corrected chi connectivity index (χ2v) is 7.05. The molecule has 0 saturated heterocycles. The maximum absolute atomic E-state index is 12.3. The molecule has 1 amide bonds. The lowest BCUT2D eigenvalue weighted by Gasteiger charge is -2.16. The molecule has 1 unspecified atom stereocenters. The number of rotatable bonds is 6. The van der Waals surface area contributed by atoms with Crippen LogP contribution in [-0.4, -0.2) is 26.6 Å². The van der Waals surface area contributed by atoms with Crippen LogP contribution in [0.15, 0.2) is 40.9 Å². The Morgan fingerprint density at radius 2 is 2.08 bits per heavy atom. The molecule has 0 aromatic heterocycles. The van der Waals surface area contributed by atoms with Crippen LogP contribution in [0.5, 0.6) is 5.75 Å². The first-order valence-electron chi connectivity index (χ1n) is 7.59. The van der Waals surface area contributed by atoms with E-state index in [1.165, 1.54) is 0 Å². The lowest BCUT2D eigenvalue weighted by molar-refractivity contribution is -0.885. The fourth-order valence-electron chi connectivity index (χ4n) is 2.48. The molecular weight excluding hydrogens is 392 g/mol. The van der Waals surface area contributed by atoms with E-state index in [1.54, 1.807) is 7.11 Å². The van der Waals surface area contributed by atoms with Gasteiger partial charge in [-0.2, -0.15) is 0 Å². The monoisotopic (exact) mass is 411 g/mol. The van der Waals surface area contributed by atoms with Crippen molar-refractivity contribution in [3.05, 3.63) is 57.0 Å². The lowest BCUT2D eigenvalue weighted by Crippen LogP contribution is -3.08. The molecule has 24 heavy (non-hydrogen) atoms. The van der Waals surface area contributed by atoms with Crippen molar-refractivity contribution in [2.45, 2.75) is 13.5 Å². The maximum atomic E-state index is 12.3. The number of nitrogens with one attached hydrogen (secondary N) is 2. The molecule has 0 saturated carbocycles. The third-order valence-corrected chi connectivity index (χ3v) is 4.64. The van der Waals surface area contributed by atoms with Gasteiger partial charge in [0.15, 0.2) is 6.54 Å². The van der Waals surface area contributed by atoms with Crippen LogP contribution >= 0.6 is 27.5 Å². The molecule has 0 spiro atoms. The molecule has 1 atom stereocenters. The van der Waals surface area contributed by atoms with Crippen molar-refractivity contribution in [1.82, 2.24) is 0 Å². The van der Waals surface area contributed by atoms with Crippen molar-refractivity contribution in [1.29, 1.82) is 0 Å². The Morgan fingerprint density at radius 1 is 1.33 bits per heavy atom. The number of anilines is 1. The Hall–Kier alpha value is -1.56. The number of likely N-dealkylation sites (N-methyl/N-ethyl adjacent to an activating group) is 1. The van der Waals surface area contributed by atoms with E-state index in [4.69, 9.17) is 16.3 Å². The summed E-state index contributed by atoms with van der Waals surface area (Å²) in [6.07, 6.45) is 0. The molecule has 128 valence electrons. The molecule has 4 nitrogen and oxygen atoms in total. The molecule has 2 aromatic rings. The number of hydrogen-bond donors (Lipinski definition) is 2. The molecule has 2 aromatic carbocycles. The number of hydrogen-bond acceptors (Lipinski definition) is 2. The zero-order valence-electron chi connectivity index (χ0n) is 14.0. The number of methoxy groups -OCH3 is 1. The summed E-state index contributed by atoms with van der Waals surface area (Å²) in [4.78, 5) is 13.3. The first kappa shape index (κ1) is 18.8. The molecule has 0 radical (unpaired) electrons. The minimum Gasteiger partial charge on any atom is -0.496 e. The van der Waals surface area contributed by atoms with E-state index in [9.17, 15) is 4.79 Å². The first-order chi connectivity index (χ1) is 11.4. The van der Waals surface area contributed by atoms with E-state index in [2.05, 4.69) is 21.2 Å². The van der Waals surface area contributed by atoms with Crippen LogP contribution in [0.4, 0.5) is 5.69 Å². The normalized spacial score (nSPS) is 11.9. The summed E-state index contributed by atoms with van der Waals surface area (Å²) in [6, 6.07) is 11.4. The summed E-state index contributed by atoms with van der Waals surface area (Å²) < 4.78 is 6.37. The van der Waals surface area contributed by atoms with Crippen molar-refractivity contribution >= 4 is 39.1 Å². The standard InChI is InChI=1S/C18H20BrClN2O2/c1-12-15(20)5-4-6-16(12)21-18(23)11-22(2)10-13-9-14(19)7-8-17(13)24-3/h4-9H,10-11H2,1-3H3,(H,21,23)/p+1. The van der Waals surface area contributed by atoms with Gasteiger partial charge in [-0.3, -0.25) is 4.79 Å². The van der Waals surface area contributed by atoms with Gasteiger partial charge in [-0.1, -0.05) is 33.6 Å². The minimum atomic E-state index is -0.0492. The lowest BCUT2D eigenvalue weighted by atomic mass is 10.2. The van der Waals surface area contributed by atoms with E-state index < -0.39 is 0 Å². The first-order valence-corrected chi connectivity index (χ1v) is 8.76. The second-order valence-electron chi connectivity index (χ2n) is 5.73. The Labute approximate surface area is 155 Å². The van der Waals surface area contributed by atoms with Crippen LogP contribution in [0, 0.1) is 6.92 Å². The molecule has 0 heterocycles. The van der Waals surface area contributed by atoms with Crippen LogP contribution in [0.2, 0.25) is 5.02 Å². The highest BCUT2D eigenvalue weighted by atomic mass is 79.9. The van der Waals surface area contributed by atoms with Gasteiger partial charge in [-0.15, -0.1) is 0 Å². The molecule has 0 aliphatic rings. The zero-order chi connectivity index (χ0) is 17.7. The maximum Gasteiger partial charge on any atom is 0.279 e. The van der Waals surface area contributed by atoms with Crippen molar-refractivity contribution in [2.75, 3.05) is 26.0 Å². The predicted molar refractivity (Wildman–Crippen MR) is 101 cm³/mol. The molecule has 0 fully saturated rings. The van der Waals surface area contributed by atoms with Gasteiger partial charge in [-0.05, 0) is 42.8 Å². The molecule has 0 aliphatic heterocycles. The van der Waals surface area contributed by atoms with Gasteiger partial charge in [0.25, 0.3) is 5.91 Å². The van der Waals surface area contributed by atoms with Gasteiger partial charge in [0, 0.05) is 20.7 Å². The van der Waals surface area contributed by atoms with E-state index in [-0.39, 0.29) is 5.91 Å². The largest absolute Gasteiger partial charge is 0.496 e. The fourth-order valence-corrected chi connectivity index (χ4v) is 3.07. The van der Waals surface area contributed by atoms with Gasteiger partial charge in [0.1, 0.15) is 12.3 Å². The third kappa shape index (κ3) is 4.97. The number of ether oxygens (including phenoxy) is 1. The van der Waals surface area contributed by atoms with Crippen LogP contribution in [0.1, 0.15) is 11.1 Å². The predicted octanol–water partition coefficient (Wildman–Crippen LogP) is 3.07. The molecule has 0 bridgehead atoms. The van der Waals surface area contributed by atoms with Crippen molar-refractivity contribution in [3.63, 3.8) is 0 Å². The van der Waals surface area contributed by atoms with E-state index in [0.717, 1.165) is 31.9 Å². The van der Waals surface area contributed by atoms with Gasteiger partial charge in [0.2, 0.25) is 0 Å². The number of carbonyl (C=O) groups is 1. The SMILES string of the molecule is COc1ccc(Br)cc1C[NH+](C)CC(=O)Nc1cccc(Cl)c1C. The zero-order valence-corrected chi connectivity index (χ0v) is 16.3. The van der Waals surface area contributed by atoms with E-state index in [1.807, 2.05) is 50.4 Å². The van der Waals surface area contributed by atoms with E-state index >= 15 is 0 Å². The summed E-state index contributed by atoms with van der Waals surface area (Å²) >= 11 is 9.55. The number of carbonyl (C=O) groups excluding carboxylic acids is 1. The van der Waals surface area contributed by atoms with Crippen LogP contribution < -0.4 is 15.0 Å². The Balaban J connectivity index is 1.99. The Morgan fingerprint density at radius 3 is 2.79 bits per heavy atom. The molecular formula is C18H21BrClN2O2+. The highest BCUT2D eigenvalue weighted by molar-refractivity contribution is 9.10. The topological polar surface area (TPSA) is 42.8 Å². The molecule has 2 N–H and O–H groups in total. The number of amides is 1. The fraction of sp³-hybridized carbons (Fsp3) is 0.278. The van der Waals surface area contributed by atoms with Gasteiger partial charge in [0.05, 0.1) is 14.2 Å². The van der Waals surface area contributed by atoms with Gasteiger partial charge < -0.3 is 15.0 Å². The average molecular weight is 413 g/mol. The van der Waals surface area contributed by atoms with Crippen LogP contribution in [-0.2, 0) is 11.3 Å². The number of benzene rings is 2. The molecule has 0 aliphatic carbocycles. The Bertz CT molecular complexity index is 737.